The van der Waals surface area contributed by atoms with E-state index in [0.29, 0.717) is 13.2 Å². The first kappa shape index (κ1) is 14.1. The number of hydrogen-bond donors (Lipinski definition) is 0. The third-order valence-electron chi connectivity index (χ3n) is 3.00. The van der Waals surface area contributed by atoms with Gasteiger partial charge in [0.25, 0.3) is 0 Å². The van der Waals surface area contributed by atoms with E-state index < -0.39 is 0 Å². The summed E-state index contributed by atoms with van der Waals surface area (Å²) in [6.45, 7) is 3.04. The van der Waals surface area contributed by atoms with Crippen molar-refractivity contribution >= 4 is 6.08 Å². The summed E-state index contributed by atoms with van der Waals surface area (Å²) in [4.78, 5) is 2.17. The summed E-state index contributed by atoms with van der Waals surface area (Å²) in [6.07, 6.45) is 4.11. The van der Waals surface area contributed by atoms with Crippen LogP contribution in [0.1, 0.15) is 5.56 Å². The van der Waals surface area contributed by atoms with Crippen molar-refractivity contribution in [1.82, 2.24) is 4.90 Å². The molecule has 0 bridgehead atoms. The fourth-order valence-electron chi connectivity index (χ4n) is 2.01. The van der Waals surface area contributed by atoms with Crippen molar-refractivity contribution < 1.29 is 14.2 Å². The lowest BCUT2D eigenvalue weighted by atomic mass is 10.2. The molecule has 0 aromatic heterocycles. The minimum atomic E-state index is -0.0790. The first-order chi connectivity index (χ1) is 9.29. The zero-order valence-corrected chi connectivity index (χ0v) is 11.5. The number of nitrogens with zero attached hydrogens (tertiary/aromatic N) is 1. The molecular formula is C15H21NO3. The van der Waals surface area contributed by atoms with E-state index in [1.807, 2.05) is 24.3 Å². The van der Waals surface area contributed by atoms with Crippen LogP contribution >= 0.6 is 0 Å². The van der Waals surface area contributed by atoms with Crippen LogP contribution in [0.15, 0.2) is 30.3 Å². The highest BCUT2D eigenvalue weighted by Crippen LogP contribution is 2.18. The van der Waals surface area contributed by atoms with E-state index in [1.54, 1.807) is 7.11 Å². The van der Waals surface area contributed by atoms with Gasteiger partial charge in [0.2, 0.25) is 0 Å². The van der Waals surface area contributed by atoms with Gasteiger partial charge in [0.1, 0.15) is 5.75 Å². The van der Waals surface area contributed by atoms with E-state index >= 15 is 0 Å². The maximum Gasteiger partial charge on any atom is 0.170 e. The van der Waals surface area contributed by atoms with Gasteiger partial charge in [0.15, 0.2) is 6.29 Å². The number of benzene rings is 1. The van der Waals surface area contributed by atoms with Crippen LogP contribution < -0.4 is 4.74 Å². The van der Waals surface area contributed by atoms with Crippen LogP contribution in [0.3, 0.4) is 0 Å². The standard InChI is InChI=1S/C15H21NO3/c1-16(12-15-18-10-11-19-15)9-5-7-13-6-3-4-8-14(13)17-2/h3-8,15H,9-12H2,1-2H3. The molecule has 1 aromatic rings. The molecule has 1 heterocycles. The van der Waals surface area contributed by atoms with E-state index in [1.165, 1.54) is 0 Å². The number of para-hydroxylation sites is 1. The average Bonchev–Trinajstić information content (AvgIpc) is 2.92. The van der Waals surface area contributed by atoms with Gasteiger partial charge in [-0.05, 0) is 13.1 Å². The zero-order valence-electron chi connectivity index (χ0n) is 11.5. The summed E-state index contributed by atoms with van der Waals surface area (Å²) >= 11 is 0. The second-order valence-corrected chi connectivity index (χ2v) is 4.54. The van der Waals surface area contributed by atoms with Gasteiger partial charge in [-0.3, -0.25) is 4.90 Å². The zero-order chi connectivity index (χ0) is 13.5. The van der Waals surface area contributed by atoms with Gasteiger partial charge < -0.3 is 14.2 Å². The SMILES string of the molecule is COc1ccccc1C=CCN(C)CC1OCCO1. The highest BCUT2D eigenvalue weighted by atomic mass is 16.7. The number of likely N-dealkylation sites (N-methyl/N-ethyl adjacent to an activating group) is 1. The second-order valence-electron chi connectivity index (χ2n) is 4.54. The summed E-state index contributed by atoms with van der Waals surface area (Å²) in [5.74, 6) is 0.892. The lowest BCUT2D eigenvalue weighted by Gasteiger charge is -2.18. The van der Waals surface area contributed by atoms with Gasteiger partial charge in [0.05, 0.1) is 20.3 Å². The lowest BCUT2D eigenvalue weighted by molar-refractivity contribution is -0.0566. The Morgan fingerprint density at radius 3 is 2.79 bits per heavy atom. The van der Waals surface area contributed by atoms with Crippen LogP contribution in [-0.2, 0) is 9.47 Å². The highest BCUT2D eigenvalue weighted by Gasteiger charge is 2.16. The Kier molecular flexibility index (Phi) is 5.39. The molecular weight excluding hydrogens is 242 g/mol. The van der Waals surface area contributed by atoms with Crippen molar-refractivity contribution in [3.63, 3.8) is 0 Å². The Morgan fingerprint density at radius 2 is 2.05 bits per heavy atom. The quantitative estimate of drug-likeness (QED) is 0.785. The van der Waals surface area contributed by atoms with E-state index in [9.17, 15) is 0 Å². The molecule has 4 nitrogen and oxygen atoms in total. The summed E-state index contributed by atoms with van der Waals surface area (Å²) in [5, 5.41) is 0. The average molecular weight is 263 g/mol. The largest absolute Gasteiger partial charge is 0.496 e. The molecule has 0 spiro atoms. The summed E-state index contributed by atoms with van der Waals surface area (Å²) in [5.41, 5.74) is 1.09. The topological polar surface area (TPSA) is 30.9 Å². The van der Waals surface area contributed by atoms with Gasteiger partial charge in [-0.15, -0.1) is 0 Å². The maximum atomic E-state index is 5.42. The van der Waals surface area contributed by atoms with Crippen molar-refractivity contribution in [1.29, 1.82) is 0 Å². The molecule has 0 radical (unpaired) electrons. The Balaban J connectivity index is 1.81. The van der Waals surface area contributed by atoms with Gasteiger partial charge in [0, 0.05) is 18.7 Å². The molecule has 104 valence electrons. The van der Waals surface area contributed by atoms with Gasteiger partial charge in [-0.25, -0.2) is 0 Å². The molecule has 19 heavy (non-hydrogen) atoms. The summed E-state index contributed by atoms with van der Waals surface area (Å²) in [6, 6.07) is 7.98. The molecule has 1 aromatic carbocycles. The summed E-state index contributed by atoms with van der Waals surface area (Å²) < 4.78 is 16.1. The van der Waals surface area contributed by atoms with Gasteiger partial charge in [-0.1, -0.05) is 30.4 Å². The van der Waals surface area contributed by atoms with Crippen molar-refractivity contribution in [3.8, 4) is 5.75 Å². The number of ether oxygens (including phenoxy) is 3. The molecule has 1 saturated heterocycles. The molecule has 2 rings (SSSR count). The van der Waals surface area contributed by atoms with Gasteiger partial charge >= 0.3 is 0 Å². The monoisotopic (exact) mass is 263 g/mol. The van der Waals surface area contributed by atoms with Crippen LogP contribution in [-0.4, -0.2) is 51.7 Å². The second kappa shape index (κ2) is 7.28. The predicted octanol–water partition coefficient (Wildman–Crippen LogP) is 2.01. The Labute approximate surface area is 114 Å². The number of methoxy groups -OCH3 is 1. The Morgan fingerprint density at radius 1 is 1.32 bits per heavy atom. The Hall–Kier alpha value is -1.36. The van der Waals surface area contributed by atoms with Crippen molar-refractivity contribution in [2.75, 3.05) is 40.5 Å². The molecule has 0 aliphatic carbocycles. The third-order valence-corrected chi connectivity index (χ3v) is 3.00. The van der Waals surface area contributed by atoms with Gasteiger partial charge in [-0.2, -0.15) is 0 Å². The van der Waals surface area contributed by atoms with Crippen LogP contribution in [0.4, 0.5) is 0 Å². The maximum absolute atomic E-state index is 5.42. The molecule has 0 atom stereocenters. The van der Waals surface area contributed by atoms with Crippen LogP contribution in [0.2, 0.25) is 0 Å². The smallest absolute Gasteiger partial charge is 0.170 e. The van der Waals surface area contributed by atoms with Crippen molar-refractivity contribution in [2.24, 2.45) is 0 Å². The Bertz CT molecular complexity index is 414. The van der Waals surface area contributed by atoms with E-state index in [2.05, 4.69) is 24.1 Å². The van der Waals surface area contributed by atoms with E-state index in [-0.39, 0.29) is 6.29 Å². The fraction of sp³-hybridized carbons (Fsp3) is 0.467. The first-order valence-electron chi connectivity index (χ1n) is 6.51. The minimum absolute atomic E-state index is 0.0790. The van der Waals surface area contributed by atoms with Crippen LogP contribution in [0.5, 0.6) is 5.75 Å². The van der Waals surface area contributed by atoms with Crippen LogP contribution in [0.25, 0.3) is 6.08 Å². The fourth-order valence-corrected chi connectivity index (χ4v) is 2.01. The molecule has 1 aliphatic heterocycles. The molecule has 0 saturated carbocycles. The number of rotatable bonds is 6. The van der Waals surface area contributed by atoms with E-state index in [4.69, 9.17) is 14.2 Å². The molecule has 1 aliphatic rings. The number of hydrogen-bond acceptors (Lipinski definition) is 4. The van der Waals surface area contributed by atoms with E-state index in [0.717, 1.165) is 24.4 Å². The first-order valence-corrected chi connectivity index (χ1v) is 6.51. The molecule has 1 fully saturated rings. The molecule has 0 amide bonds. The summed E-state index contributed by atoms with van der Waals surface area (Å²) in [7, 11) is 3.74. The lowest BCUT2D eigenvalue weighted by Crippen LogP contribution is -2.29. The van der Waals surface area contributed by atoms with Crippen LogP contribution in [0, 0.1) is 0 Å². The molecule has 0 N–H and O–H groups in total. The highest BCUT2D eigenvalue weighted by molar-refractivity contribution is 5.57. The molecule has 4 heteroatoms. The van der Waals surface area contributed by atoms with Crippen molar-refractivity contribution in [3.05, 3.63) is 35.9 Å². The third kappa shape index (κ3) is 4.35. The minimum Gasteiger partial charge on any atom is -0.496 e. The molecule has 0 unspecified atom stereocenters. The van der Waals surface area contributed by atoms with Crippen molar-refractivity contribution in [2.45, 2.75) is 6.29 Å². The predicted molar refractivity (Wildman–Crippen MR) is 75.2 cm³/mol. The normalized spacial score (nSPS) is 16.6.